The van der Waals surface area contributed by atoms with Crippen LogP contribution in [0.2, 0.25) is 0 Å². The number of anilines is 1. The predicted molar refractivity (Wildman–Crippen MR) is 144 cm³/mol. The number of carbonyl (C=O) groups is 2. The maximum Gasteiger partial charge on any atom is 0.335 e. The van der Waals surface area contributed by atoms with Crippen LogP contribution in [0.25, 0.3) is 10.9 Å². The number of morpholine rings is 1. The quantitative estimate of drug-likeness (QED) is 0.544. The van der Waals surface area contributed by atoms with Crippen molar-refractivity contribution in [2.45, 2.75) is 51.5 Å². The van der Waals surface area contributed by atoms with E-state index in [-0.39, 0.29) is 11.3 Å². The third-order valence-electron chi connectivity index (χ3n) is 8.78. The number of ketones is 1. The van der Waals surface area contributed by atoms with E-state index in [1.54, 1.807) is 18.2 Å². The van der Waals surface area contributed by atoms with Crippen LogP contribution in [0.4, 0.5) is 5.69 Å². The van der Waals surface area contributed by atoms with E-state index < -0.39 is 11.4 Å². The Morgan fingerprint density at radius 3 is 2.51 bits per heavy atom. The Morgan fingerprint density at radius 2 is 1.84 bits per heavy atom. The summed E-state index contributed by atoms with van der Waals surface area (Å²) in [4.78, 5) is 34.0. The molecule has 7 heteroatoms. The molecule has 1 aromatic heterocycles. The molecule has 2 aliphatic heterocycles. The van der Waals surface area contributed by atoms with Gasteiger partial charge < -0.3 is 19.7 Å². The lowest BCUT2D eigenvalue weighted by atomic mass is 9.70. The van der Waals surface area contributed by atoms with Gasteiger partial charge in [-0.3, -0.25) is 9.69 Å². The molecule has 6 rings (SSSR count). The highest BCUT2D eigenvalue weighted by Crippen LogP contribution is 2.46. The van der Waals surface area contributed by atoms with E-state index >= 15 is 0 Å². The largest absolute Gasteiger partial charge is 0.478 e. The topological polar surface area (TPSA) is 85.9 Å². The van der Waals surface area contributed by atoms with E-state index in [1.807, 2.05) is 0 Å². The summed E-state index contributed by atoms with van der Waals surface area (Å²) >= 11 is 0. The van der Waals surface area contributed by atoms with Gasteiger partial charge in [-0.1, -0.05) is 26.8 Å². The molecule has 1 aliphatic carbocycles. The number of carboxylic acids is 1. The molecular weight excluding hydrogens is 466 g/mol. The number of H-pyrrole nitrogens is 1. The molecule has 0 unspecified atom stereocenters. The molecule has 0 bridgehead atoms. The average molecular weight is 502 g/mol. The molecule has 194 valence electrons. The van der Waals surface area contributed by atoms with Gasteiger partial charge in [0.15, 0.2) is 5.78 Å². The third-order valence-corrected chi connectivity index (χ3v) is 8.78. The van der Waals surface area contributed by atoms with Crippen molar-refractivity contribution in [3.8, 4) is 0 Å². The fourth-order valence-corrected chi connectivity index (χ4v) is 6.63. The summed E-state index contributed by atoms with van der Waals surface area (Å²) in [5.41, 5.74) is 6.29. The summed E-state index contributed by atoms with van der Waals surface area (Å²) < 4.78 is 5.54. The maximum atomic E-state index is 13.9. The van der Waals surface area contributed by atoms with Gasteiger partial charge in [-0.2, -0.15) is 0 Å². The van der Waals surface area contributed by atoms with Crippen LogP contribution in [-0.4, -0.2) is 72.2 Å². The van der Waals surface area contributed by atoms with E-state index in [0.29, 0.717) is 17.1 Å². The second-order valence-electron chi connectivity index (χ2n) is 11.1. The lowest BCUT2D eigenvalue weighted by molar-refractivity contribution is 0.0115. The highest BCUT2D eigenvalue weighted by molar-refractivity contribution is 6.20. The highest BCUT2D eigenvalue weighted by atomic mass is 16.5. The number of aromatic nitrogens is 1. The number of hydrogen-bond acceptors (Lipinski definition) is 5. The number of carboxylic acid groups (broad SMARTS) is 1. The Bertz CT molecular complexity index is 1390. The second kappa shape index (κ2) is 8.99. The number of ether oxygens (including phenoxy) is 1. The summed E-state index contributed by atoms with van der Waals surface area (Å²) in [5.74, 6) is -0.955. The van der Waals surface area contributed by atoms with E-state index in [2.05, 4.69) is 47.7 Å². The van der Waals surface area contributed by atoms with Crippen molar-refractivity contribution < 1.29 is 19.4 Å². The van der Waals surface area contributed by atoms with Crippen LogP contribution in [0, 0.1) is 0 Å². The number of fused-ring (bicyclic) bond motifs is 4. The first-order valence-electron chi connectivity index (χ1n) is 13.5. The number of rotatable bonds is 4. The van der Waals surface area contributed by atoms with Gasteiger partial charge in [-0.05, 0) is 54.7 Å². The Labute approximate surface area is 217 Å². The van der Waals surface area contributed by atoms with Crippen LogP contribution >= 0.6 is 0 Å². The van der Waals surface area contributed by atoms with E-state index in [0.717, 1.165) is 80.9 Å². The van der Waals surface area contributed by atoms with Crippen LogP contribution in [0.3, 0.4) is 0 Å². The number of hydrogen-bond donors (Lipinski definition) is 2. The molecule has 3 aliphatic rings. The monoisotopic (exact) mass is 501 g/mol. The number of piperidine rings is 1. The van der Waals surface area contributed by atoms with Gasteiger partial charge in [0.1, 0.15) is 0 Å². The maximum absolute atomic E-state index is 13.9. The van der Waals surface area contributed by atoms with Crippen LogP contribution in [0.15, 0.2) is 30.3 Å². The zero-order chi connectivity index (χ0) is 25.9. The molecule has 2 aromatic carbocycles. The Kier molecular flexibility index (Phi) is 5.88. The molecule has 2 fully saturated rings. The van der Waals surface area contributed by atoms with Gasteiger partial charge in [-0.25, -0.2) is 4.79 Å². The number of carbonyl (C=O) groups excluding carboxylic acids is 1. The number of nitrogens with zero attached hydrogens (tertiary/aromatic N) is 2. The zero-order valence-corrected chi connectivity index (χ0v) is 21.9. The molecule has 0 saturated carbocycles. The predicted octanol–water partition coefficient (Wildman–Crippen LogP) is 4.60. The molecule has 0 atom stereocenters. The van der Waals surface area contributed by atoms with Gasteiger partial charge in [0.2, 0.25) is 0 Å². The molecule has 3 heterocycles. The number of aromatic carboxylic acids is 1. The Morgan fingerprint density at radius 1 is 1.11 bits per heavy atom. The summed E-state index contributed by atoms with van der Waals surface area (Å²) in [6, 6.07) is 9.97. The van der Waals surface area contributed by atoms with E-state index in [4.69, 9.17) is 4.74 Å². The zero-order valence-electron chi connectivity index (χ0n) is 21.9. The number of aryl methyl sites for hydroxylation is 1. The van der Waals surface area contributed by atoms with Gasteiger partial charge in [-0.15, -0.1) is 0 Å². The van der Waals surface area contributed by atoms with Crippen molar-refractivity contribution in [2.24, 2.45) is 0 Å². The number of aromatic amines is 1. The average Bonchev–Trinajstić information content (AvgIpc) is 3.32. The van der Waals surface area contributed by atoms with Crippen molar-refractivity contribution in [1.82, 2.24) is 9.88 Å². The summed E-state index contributed by atoms with van der Waals surface area (Å²) in [7, 11) is 0. The van der Waals surface area contributed by atoms with Gasteiger partial charge in [0.05, 0.1) is 24.3 Å². The Balaban J connectivity index is 1.37. The molecule has 0 radical (unpaired) electrons. The molecular formula is C30H35N3O4. The standard InChI is InChI=1S/C30H35N3O4/c1-4-18-15-22-23(17-25(18)33-9-7-20(8-10-33)32-11-13-37-14-12-32)30(2,3)28-26(27(22)34)21-6-5-19(29(35)36)16-24(21)31-28/h5-6,15-17,20,31H,4,7-14H2,1-3H3,(H,35,36). The lowest BCUT2D eigenvalue weighted by Gasteiger charge is -2.42. The smallest absolute Gasteiger partial charge is 0.335 e. The van der Waals surface area contributed by atoms with Crippen molar-refractivity contribution in [3.63, 3.8) is 0 Å². The van der Waals surface area contributed by atoms with Gasteiger partial charge >= 0.3 is 5.97 Å². The second-order valence-corrected chi connectivity index (χ2v) is 11.1. The van der Waals surface area contributed by atoms with Gasteiger partial charge in [0, 0.05) is 65.5 Å². The minimum absolute atomic E-state index is 0.0194. The van der Waals surface area contributed by atoms with Crippen molar-refractivity contribution in [1.29, 1.82) is 0 Å². The summed E-state index contributed by atoms with van der Waals surface area (Å²) in [6.07, 6.45) is 3.14. The third kappa shape index (κ3) is 3.87. The number of nitrogens with one attached hydrogen (secondary N) is 1. The fourth-order valence-electron chi connectivity index (χ4n) is 6.63. The van der Waals surface area contributed by atoms with Crippen molar-refractivity contribution >= 4 is 28.3 Å². The minimum Gasteiger partial charge on any atom is -0.478 e. The SMILES string of the molecule is CCc1cc2c(cc1N1CCC(N3CCOCC3)CC1)C(C)(C)c1[nH]c3cc(C(=O)O)ccc3c1C2=O. The Hall–Kier alpha value is -3.16. The molecule has 37 heavy (non-hydrogen) atoms. The summed E-state index contributed by atoms with van der Waals surface area (Å²) in [5, 5.41) is 10.2. The van der Waals surface area contributed by atoms with Crippen LogP contribution in [-0.2, 0) is 16.6 Å². The van der Waals surface area contributed by atoms with Crippen LogP contribution < -0.4 is 4.90 Å². The minimum atomic E-state index is -0.974. The first-order chi connectivity index (χ1) is 17.8. The fraction of sp³-hybridized carbons (Fsp3) is 0.467. The number of benzene rings is 2. The first-order valence-corrected chi connectivity index (χ1v) is 13.5. The van der Waals surface area contributed by atoms with Crippen LogP contribution in [0.1, 0.15) is 76.7 Å². The molecule has 7 nitrogen and oxygen atoms in total. The molecule has 2 N–H and O–H groups in total. The van der Waals surface area contributed by atoms with Crippen molar-refractivity contribution in [2.75, 3.05) is 44.3 Å². The first kappa shape index (κ1) is 24.2. The molecule has 2 saturated heterocycles. The molecule has 0 amide bonds. The van der Waals surface area contributed by atoms with Crippen molar-refractivity contribution in [3.05, 3.63) is 63.8 Å². The van der Waals surface area contributed by atoms with Crippen LogP contribution in [0.5, 0.6) is 0 Å². The molecule has 0 spiro atoms. The lowest BCUT2D eigenvalue weighted by Crippen LogP contribution is -2.49. The van der Waals surface area contributed by atoms with E-state index in [9.17, 15) is 14.7 Å². The van der Waals surface area contributed by atoms with Gasteiger partial charge in [0.25, 0.3) is 0 Å². The summed E-state index contributed by atoms with van der Waals surface area (Å²) in [6.45, 7) is 12.2. The van der Waals surface area contributed by atoms with E-state index in [1.165, 1.54) is 11.3 Å². The molecule has 3 aromatic rings. The normalized spacial score (nSPS) is 20.2. The highest BCUT2D eigenvalue weighted by Gasteiger charge is 2.41.